The Balaban J connectivity index is 1.69. The van der Waals surface area contributed by atoms with Crippen molar-refractivity contribution in [1.29, 1.82) is 0 Å². The Hall–Kier alpha value is -2.43. The summed E-state index contributed by atoms with van der Waals surface area (Å²) in [5.74, 6) is 0. The molecule has 2 aromatic carbocycles. The first kappa shape index (κ1) is 15.5. The summed E-state index contributed by atoms with van der Waals surface area (Å²) in [6.45, 7) is 1.04. The second kappa shape index (κ2) is 7.72. The number of nitrogens with one attached hydrogen (secondary N) is 1. The van der Waals surface area contributed by atoms with E-state index in [1.807, 2.05) is 47.2 Å². The van der Waals surface area contributed by atoms with Crippen molar-refractivity contribution < 1.29 is 5.11 Å². The van der Waals surface area contributed by atoms with Crippen molar-refractivity contribution in [3.05, 3.63) is 90.5 Å². The molecule has 0 aliphatic rings. The van der Waals surface area contributed by atoms with E-state index in [4.69, 9.17) is 0 Å². The van der Waals surface area contributed by atoms with Crippen LogP contribution in [0.4, 0.5) is 0 Å². The van der Waals surface area contributed by atoms with Crippen molar-refractivity contribution in [1.82, 2.24) is 14.9 Å². The van der Waals surface area contributed by atoms with Gasteiger partial charge in [-0.3, -0.25) is 0 Å². The number of rotatable bonds is 7. The molecule has 118 valence electrons. The molecule has 0 fully saturated rings. The molecule has 0 saturated heterocycles. The van der Waals surface area contributed by atoms with Crippen LogP contribution in [0.15, 0.2) is 79.4 Å². The van der Waals surface area contributed by atoms with Gasteiger partial charge in [0, 0.05) is 18.9 Å². The summed E-state index contributed by atoms with van der Waals surface area (Å²) in [4.78, 5) is 4.00. The van der Waals surface area contributed by atoms with Crippen molar-refractivity contribution in [2.45, 2.75) is 18.7 Å². The van der Waals surface area contributed by atoms with Crippen LogP contribution in [0.25, 0.3) is 0 Å². The highest BCUT2D eigenvalue weighted by molar-refractivity contribution is 5.31. The van der Waals surface area contributed by atoms with Crippen molar-refractivity contribution in [2.75, 3.05) is 6.54 Å². The number of aliphatic hydroxyl groups is 1. The number of hydrogen-bond acceptors (Lipinski definition) is 3. The molecule has 0 amide bonds. The van der Waals surface area contributed by atoms with E-state index in [1.54, 1.807) is 12.5 Å². The number of aromatic nitrogens is 2. The molecule has 1 aromatic heterocycles. The normalized spacial score (nSPS) is 12.4. The summed E-state index contributed by atoms with van der Waals surface area (Å²) in [5.41, 5.74) is 2.38. The zero-order valence-electron chi connectivity index (χ0n) is 12.9. The second-order valence-corrected chi connectivity index (χ2v) is 5.58. The predicted molar refractivity (Wildman–Crippen MR) is 91.0 cm³/mol. The SMILES string of the molecule is OC(CNC(c1ccccc1)c1ccccc1)Cn1ccnc1. The molecule has 0 bridgehead atoms. The van der Waals surface area contributed by atoms with Crippen LogP contribution in [0, 0.1) is 0 Å². The van der Waals surface area contributed by atoms with E-state index in [-0.39, 0.29) is 6.04 Å². The number of imidazole rings is 1. The molecule has 0 spiro atoms. The minimum absolute atomic E-state index is 0.0647. The fourth-order valence-corrected chi connectivity index (χ4v) is 2.68. The maximum atomic E-state index is 10.3. The molecule has 0 aliphatic carbocycles. The van der Waals surface area contributed by atoms with Crippen molar-refractivity contribution in [3.63, 3.8) is 0 Å². The number of hydrogen-bond donors (Lipinski definition) is 2. The van der Waals surface area contributed by atoms with E-state index >= 15 is 0 Å². The summed E-state index contributed by atoms with van der Waals surface area (Å²) >= 11 is 0. The molecule has 0 aliphatic heterocycles. The molecular weight excluding hydrogens is 286 g/mol. The summed E-state index contributed by atoms with van der Waals surface area (Å²) < 4.78 is 1.88. The van der Waals surface area contributed by atoms with Gasteiger partial charge in [-0.2, -0.15) is 0 Å². The monoisotopic (exact) mass is 307 g/mol. The summed E-state index contributed by atoms with van der Waals surface area (Å²) in [6.07, 6.45) is 4.82. The van der Waals surface area contributed by atoms with Crippen LogP contribution in [-0.2, 0) is 6.54 Å². The van der Waals surface area contributed by atoms with Gasteiger partial charge in [0.15, 0.2) is 0 Å². The molecule has 1 atom stereocenters. The lowest BCUT2D eigenvalue weighted by Crippen LogP contribution is -2.33. The molecule has 2 N–H and O–H groups in total. The maximum Gasteiger partial charge on any atom is 0.0946 e. The van der Waals surface area contributed by atoms with E-state index < -0.39 is 6.10 Å². The van der Waals surface area contributed by atoms with Crippen molar-refractivity contribution in [3.8, 4) is 0 Å². The summed E-state index contributed by atoms with van der Waals surface area (Å²) in [5, 5.41) is 13.7. The van der Waals surface area contributed by atoms with Gasteiger partial charge in [0.1, 0.15) is 0 Å². The van der Waals surface area contributed by atoms with Crippen LogP contribution >= 0.6 is 0 Å². The molecule has 4 heteroatoms. The predicted octanol–water partition coefficient (Wildman–Crippen LogP) is 2.62. The molecule has 0 saturated carbocycles. The average molecular weight is 307 g/mol. The van der Waals surface area contributed by atoms with Crippen LogP contribution in [0.3, 0.4) is 0 Å². The van der Waals surface area contributed by atoms with Crippen LogP contribution in [-0.4, -0.2) is 27.3 Å². The largest absolute Gasteiger partial charge is 0.390 e. The van der Waals surface area contributed by atoms with Gasteiger partial charge >= 0.3 is 0 Å². The van der Waals surface area contributed by atoms with E-state index in [0.29, 0.717) is 13.1 Å². The fourth-order valence-electron chi connectivity index (χ4n) is 2.68. The minimum Gasteiger partial charge on any atom is -0.390 e. The minimum atomic E-state index is -0.473. The molecule has 23 heavy (non-hydrogen) atoms. The standard InChI is InChI=1S/C19H21N3O/c23-18(14-22-12-11-20-15-22)13-21-19(16-7-3-1-4-8-16)17-9-5-2-6-10-17/h1-12,15,18-19,21,23H,13-14H2. The second-order valence-electron chi connectivity index (χ2n) is 5.58. The van der Waals surface area contributed by atoms with Crippen LogP contribution < -0.4 is 5.32 Å². The van der Waals surface area contributed by atoms with Crippen molar-refractivity contribution >= 4 is 0 Å². The Bertz CT molecular complexity index is 644. The third kappa shape index (κ3) is 4.28. The van der Waals surface area contributed by atoms with E-state index in [1.165, 1.54) is 11.1 Å². The lowest BCUT2D eigenvalue weighted by Gasteiger charge is -2.22. The zero-order valence-corrected chi connectivity index (χ0v) is 12.9. The van der Waals surface area contributed by atoms with Gasteiger partial charge in [0.05, 0.1) is 25.0 Å². The van der Waals surface area contributed by atoms with Gasteiger partial charge in [-0.1, -0.05) is 60.7 Å². The Kier molecular flexibility index (Phi) is 5.19. The number of aliphatic hydroxyl groups excluding tert-OH is 1. The van der Waals surface area contributed by atoms with E-state index in [9.17, 15) is 5.11 Å². The highest BCUT2D eigenvalue weighted by Gasteiger charge is 2.15. The average Bonchev–Trinajstić information content (AvgIpc) is 3.10. The van der Waals surface area contributed by atoms with Gasteiger partial charge in [-0.05, 0) is 11.1 Å². The van der Waals surface area contributed by atoms with Crippen LogP contribution in [0.2, 0.25) is 0 Å². The van der Waals surface area contributed by atoms with Gasteiger partial charge < -0.3 is 15.0 Å². The topological polar surface area (TPSA) is 50.1 Å². The Morgan fingerprint density at radius 1 is 0.957 bits per heavy atom. The molecule has 4 nitrogen and oxygen atoms in total. The lowest BCUT2D eigenvalue weighted by atomic mass is 9.98. The van der Waals surface area contributed by atoms with Gasteiger partial charge in [-0.15, -0.1) is 0 Å². The van der Waals surface area contributed by atoms with E-state index in [2.05, 4.69) is 34.6 Å². The van der Waals surface area contributed by atoms with Gasteiger partial charge in [-0.25, -0.2) is 4.98 Å². The lowest BCUT2D eigenvalue weighted by molar-refractivity contribution is 0.149. The quantitative estimate of drug-likeness (QED) is 0.705. The smallest absolute Gasteiger partial charge is 0.0946 e. The maximum absolute atomic E-state index is 10.3. The Morgan fingerprint density at radius 3 is 2.09 bits per heavy atom. The Morgan fingerprint density at radius 2 is 1.57 bits per heavy atom. The van der Waals surface area contributed by atoms with Gasteiger partial charge in [0.25, 0.3) is 0 Å². The highest BCUT2D eigenvalue weighted by atomic mass is 16.3. The molecule has 3 rings (SSSR count). The Labute approximate surface area is 136 Å². The van der Waals surface area contributed by atoms with E-state index in [0.717, 1.165) is 0 Å². The summed E-state index contributed by atoms with van der Waals surface area (Å²) in [7, 11) is 0. The first-order valence-electron chi connectivity index (χ1n) is 7.80. The summed E-state index contributed by atoms with van der Waals surface area (Å²) in [6, 6.07) is 20.7. The van der Waals surface area contributed by atoms with Gasteiger partial charge in [0.2, 0.25) is 0 Å². The van der Waals surface area contributed by atoms with Crippen LogP contribution in [0.5, 0.6) is 0 Å². The molecular formula is C19H21N3O. The highest BCUT2D eigenvalue weighted by Crippen LogP contribution is 2.21. The number of benzene rings is 2. The first-order valence-corrected chi connectivity index (χ1v) is 7.80. The zero-order chi connectivity index (χ0) is 15.9. The van der Waals surface area contributed by atoms with Crippen LogP contribution in [0.1, 0.15) is 17.2 Å². The molecule has 1 unspecified atom stereocenters. The third-order valence-electron chi connectivity index (χ3n) is 3.80. The van der Waals surface area contributed by atoms with Crippen molar-refractivity contribution in [2.24, 2.45) is 0 Å². The number of nitrogens with zero attached hydrogens (tertiary/aromatic N) is 2. The molecule has 1 heterocycles. The molecule has 0 radical (unpaired) electrons. The third-order valence-corrected chi connectivity index (χ3v) is 3.80. The first-order chi connectivity index (χ1) is 11.3. The molecule has 3 aromatic rings. The fraction of sp³-hybridized carbons (Fsp3) is 0.211.